The Hall–Kier alpha value is -2.02. The topological polar surface area (TPSA) is 58.2 Å². The van der Waals surface area contributed by atoms with E-state index in [1.807, 2.05) is 5.32 Å². The summed E-state index contributed by atoms with van der Waals surface area (Å²) in [5.41, 5.74) is -2.73. The van der Waals surface area contributed by atoms with Crippen LogP contribution in [0.3, 0.4) is 0 Å². The first-order valence-electron chi connectivity index (χ1n) is 6.69. The lowest BCUT2D eigenvalue weighted by Crippen LogP contribution is -2.61. The number of hydrogen-bond acceptors (Lipinski definition) is 2. The van der Waals surface area contributed by atoms with Gasteiger partial charge in [0.25, 0.3) is 0 Å². The summed E-state index contributed by atoms with van der Waals surface area (Å²) in [4.78, 5) is 23.7. The fraction of sp³-hybridized carbons (Fsp3) is 0.333. The minimum absolute atomic E-state index is 0.0661. The maximum Gasteiger partial charge on any atom is 0.416 e. The van der Waals surface area contributed by atoms with Crippen molar-refractivity contribution in [2.24, 2.45) is 0 Å². The van der Waals surface area contributed by atoms with Gasteiger partial charge in [0.1, 0.15) is 0 Å². The van der Waals surface area contributed by atoms with E-state index < -0.39 is 30.0 Å². The Morgan fingerprint density at radius 3 is 2.57 bits per heavy atom. The van der Waals surface area contributed by atoms with E-state index in [9.17, 15) is 22.8 Å². The Morgan fingerprint density at radius 2 is 2.00 bits per heavy atom. The van der Waals surface area contributed by atoms with Gasteiger partial charge in [-0.25, -0.2) is 4.79 Å². The Balaban J connectivity index is 2.67. The Bertz CT molecular complexity index is 696. The van der Waals surface area contributed by atoms with Gasteiger partial charge in [-0.3, -0.25) is 4.79 Å². The second-order valence-electron chi connectivity index (χ2n) is 5.51. The van der Waals surface area contributed by atoms with Crippen molar-refractivity contribution in [3.8, 4) is 0 Å². The SMILES string of the molecule is CC(C)=CC(=O)CC1(C(F)(F)F)NC(=O)Nc2cccc(Cl)c21. The molecule has 1 atom stereocenters. The molecule has 23 heavy (non-hydrogen) atoms. The molecular formula is C15H14ClF3N2O2. The van der Waals surface area contributed by atoms with Crippen molar-refractivity contribution >= 4 is 29.1 Å². The molecule has 2 rings (SSSR count). The van der Waals surface area contributed by atoms with Gasteiger partial charge in [0.05, 0.1) is 0 Å². The molecule has 0 radical (unpaired) electrons. The average Bonchev–Trinajstić information content (AvgIpc) is 2.35. The second kappa shape index (κ2) is 5.88. The number of carbonyl (C=O) groups is 2. The first-order chi connectivity index (χ1) is 10.6. The predicted octanol–water partition coefficient (Wildman–Crippen LogP) is 4.16. The summed E-state index contributed by atoms with van der Waals surface area (Å²) >= 11 is 5.95. The van der Waals surface area contributed by atoms with Crippen molar-refractivity contribution < 1.29 is 22.8 Å². The van der Waals surface area contributed by atoms with Crippen LogP contribution in [0.1, 0.15) is 25.8 Å². The first-order valence-corrected chi connectivity index (χ1v) is 7.07. The highest BCUT2D eigenvalue weighted by molar-refractivity contribution is 6.32. The van der Waals surface area contributed by atoms with E-state index in [1.54, 1.807) is 13.8 Å². The maximum absolute atomic E-state index is 13.9. The highest BCUT2D eigenvalue weighted by Gasteiger charge is 2.61. The van der Waals surface area contributed by atoms with Crippen molar-refractivity contribution in [1.82, 2.24) is 5.32 Å². The molecule has 1 unspecified atom stereocenters. The van der Waals surface area contributed by atoms with Crippen molar-refractivity contribution in [2.75, 3.05) is 5.32 Å². The van der Waals surface area contributed by atoms with Crippen molar-refractivity contribution in [1.29, 1.82) is 0 Å². The molecule has 0 aromatic heterocycles. The van der Waals surface area contributed by atoms with Gasteiger partial charge < -0.3 is 10.6 Å². The van der Waals surface area contributed by atoms with Crippen molar-refractivity contribution in [3.05, 3.63) is 40.4 Å². The molecule has 1 aliphatic rings. The van der Waals surface area contributed by atoms with Gasteiger partial charge in [0.15, 0.2) is 11.3 Å². The molecule has 1 aromatic rings. The van der Waals surface area contributed by atoms with E-state index in [0.717, 1.165) is 6.08 Å². The number of benzene rings is 1. The normalized spacial score (nSPS) is 20.2. The minimum Gasteiger partial charge on any atom is -0.319 e. The van der Waals surface area contributed by atoms with E-state index in [4.69, 9.17) is 11.6 Å². The summed E-state index contributed by atoms with van der Waals surface area (Å²) in [6.07, 6.45) is -4.76. The summed E-state index contributed by atoms with van der Waals surface area (Å²) in [6, 6.07) is 2.98. The van der Waals surface area contributed by atoms with Crippen LogP contribution in [0, 0.1) is 0 Å². The van der Waals surface area contributed by atoms with Gasteiger partial charge in [-0.15, -0.1) is 0 Å². The van der Waals surface area contributed by atoms with Crippen LogP contribution in [0.4, 0.5) is 23.7 Å². The molecule has 1 heterocycles. The predicted molar refractivity (Wildman–Crippen MR) is 80.4 cm³/mol. The quantitative estimate of drug-likeness (QED) is 0.807. The summed E-state index contributed by atoms with van der Waals surface area (Å²) < 4.78 is 41.6. The van der Waals surface area contributed by atoms with Gasteiger partial charge in [0.2, 0.25) is 0 Å². The lowest BCUT2D eigenvalue weighted by molar-refractivity contribution is -0.199. The molecule has 0 spiro atoms. The number of carbonyl (C=O) groups excluding carboxylic acids is 2. The fourth-order valence-corrected chi connectivity index (χ4v) is 2.89. The molecular weight excluding hydrogens is 333 g/mol. The molecule has 0 saturated heterocycles. The van der Waals surface area contributed by atoms with E-state index in [2.05, 4.69) is 5.32 Å². The standard InChI is InChI=1S/C15H14ClF3N2O2/c1-8(2)6-9(22)7-14(15(17,18)19)12-10(16)4-3-5-11(12)20-13(23)21-14/h3-6H,7H2,1-2H3,(H2,20,21,23). The van der Waals surface area contributed by atoms with Crippen LogP contribution in [0.25, 0.3) is 0 Å². The Morgan fingerprint density at radius 1 is 1.35 bits per heavy atom. The van der Waals surface area contributed by atoms with Gasteiger partial charge in [-0.1, -0.05) is 23.2 Å². The lowest BCUT2D eigenvalue weighted by Gasteiger charge is -2.41. The number of hydrogen-bond donors (Lipinski definition) is 2. The van der Waals surface area contributed by atoms with Crippen LogP contribution in [0.2, 0.25) is 5.02 Å². The first kappa shape index (κ1) is 17.3. The zero-order chi connectivity index (χ0) is 17.4. The maximum atomic E-state index is 13.9. The molecule has 2 N–H and O–H groups in total. The highest BCUT2D eigenvalue weighted by Crippen LogP contribution is 2.49. The lowest BCUT2D eigenvalue weighted by atomic mass is 9.81. The zero-order valence-electron chi connectivity index (χ0n) is 12.3. The van der Waals surface area contributed by atoms with Crippen LogP contribution in [-0.4, -0.2) is 18.0 Å². The van der Waals surface area contributed by atoms with Crippen LogP contribution >= 0.6 is 11.6 Å². The summed E-state index contributed by atoms with van der Waals surface area (Å²) in [6.45, 7) is 3.19. The Labute approximate surface area is 135 Å². The van der Waals surface area contributed by atoms with Crippen LogP contribution < -0.4 is 10.6 Å². The fourth-order valence-electron chi connectivity index (χ4n) is 2.55. The van der Waals surface area contributed by atoms with E-state index in [-0.39, 0.29) is 16.3 Å². The third kappa shape index (κ3) is 3.19. The number of anilines is 1. The van der Waals surface area contributed by atoms with E-state index >= 15 is 0 Å². The summed E-state index contributed by atoms with van der Waals surface area (Å²) in [5, 5.41) is 3.96. The zero-order valence-corrected chi connectivity index (χ0v) is 13.1. The minimum atomic E-state index is -4.91. The van der Waals surface area contributed by atoms with Crippen molar-refractivity contribution in [2.45, 2.75) is 32.0 Å². The number of ketones is 1. The molecule has 0 aliphatic carbocycles. The molecule has 0 saturated carbocycles. The number of alkyl halides is 3. The molecule has 4 nitrogen and oxygen atoms in total. The summed E-state index contributed by atoms with van der Waals surface area (Å²) in [5.74, 6) is -0.754. The smallest absolute Gasteiger partial charge is 0.319 e. The van der Waals surface area contributed by atoms with Gasteiger partial charge in [-0.05, 0) is 32.1 Å². The monoisotopic (exact) mass is 346 g/mol. The molecule has 8 heteroatoms. The number of rotatable bonds is 3. The largest absolute Gasteiger partial charge is 0.416 e. The molecule has 0 bridgehead atoms. The van der Waals surface area contributed by atoms with Gasteiger partial charge >= 0.3 is 12.2 Å². The van der Waals surface area contributed by atoms with Crippen LogP contribution in [0.15, 0.2) is 29.8 Å². The summed E-state index contributed by atoms with van der Waals surface area (Å²) in [7, 11) is 0. The third-order valence-electron chi connectivity index (χ3n) is 3.39. The van der Waals surface area contributed by atoms with Gasteiger partial charge in [-0.2, -0.15) is 13.2 Å². The van der Waals surface area contributed by atoms with Crippen LogP contribution in [-0.2, 0) is 10.3 Å². The average molecular weight is 347 g/mol. The van der Waals surface area contributed by atoms with Crippen molar-refractivity contribution in [3.63, 3.8) is 0 Å². The molecule has 124 valence electrons. The Kier molecular flexibility index (Phi) is 4.43. The number of amides is 2. The number of halogens is 4. The number of urea groups is 1. The molecule has 2 amide bonds. The number of nitrogens with one attached hydrogen (secondary N) is 2. The molecule has 1 aliphatic heterocycles. The van der Waals surface area contributed by atoms with Crippen LogP contribution in [0.5, 0.6) is 0 Å². The number of allylic oxidation sites excluding steroid dienone is 2. The second-order valence-corrected chi connectivity index (χ2v) is 5.92. The third-order valence-corrected chi connectivity index (χ3v) is 3.70. The van der Waals surface area contributed by atoms with E-state index in [1.165, 1.54) is 18.2 Å². The van der Waals surface area contributed by atoms with Gasteiger partial charge in [0, 0.05) is 22.7 Å². The van der Waals surface area contributed by atoms with E-state index in [0.29, 0.717) is 5.57 Å². The molecule has 0 fully saturated rings. The highest BCUT2D eigenvalue weighted by atomic mass is 35.5. The molecule has 1 aromatic carbocycles. The number of fused-ring (bicyclic) bond motifs is 1.